The van der Waals surface area contributed by atoms with Crippen molar-refractivity contribution in [1.82, 2.24) is 0 Å². The van der Waals surface area contributed by atoms with Crippen LogP contribution in [0.1, 0.15) is 29.5 Å². The molecule has 0 atom stereocenters. The van der Waals surface area contributed by atoms with Crippen LogP contribution in [0, 0.1) is 0 Å². The number of halogens is 1. The minimum atomic E-state index is -3.67. The molecule has 26 heavy (non-hydrogen) atoms. The number of rotatable bonds is 4. The Kier molecular flexibility index (Phi) is 7.01. The minimum absolute atomic E-state index is 0. The van der Waals surface area contributed by atoms with Gasteiger partial charge in [0.15, 0.2) is 5.96 Å². The third kappa shape index (κ3) is 5.18. The zero-order valence-corrected chi connectivity index (χ0v) is 17.5. The van der Waals surface area contributed by atoms with Crippen molar-refractivity contribution in [3.8, 4) is 0 Å². The molecule has 0 aromatic heterocycles. The van der Waals surface area contributed by atoms with Crippen LogP contribution in [0.15, 0.2) is 52.4 Å². The lowest BCUT2D eigenvalue weighted by Gasteiger charge is -2.19. The van der Waals surface area contributed by atoms with Crippen LogP contribution in [0.25, 0.3) is 0 Å². The van der Waals surface area contributed by atoms with E-state index in [1.165, 1.54) is 36.1 Å². The van der Waals surface area contributed by atoms with Crippen molar-refractivity contribution < 1.29 is 8.42 Å². The molecule has 3 rings (SSSR count). The number of aryl methyl sites for hydroxylation is 1. The van der Waals surface area contributed by atoms with Crippen LogP contribution in [-0.2, 0) is 29.4 Å². The molecule has 6 nitrogen and oxygen atoms in total. The van der Waals surface area contributed by atoms with Gasteiger partial charge in [0.05, 0.1) is 11.4 Å². The highest BCUT2D eigenvalue weighted by atomic mass is 127. The number of hydrogen-bond donors (Lipinski definition) is 3. The molecule has 0 radical (unpaired) electrons. The molecule has 8 heteroatoms. The summed E-state index contributed by atoms with van der Waals surface area (Å²) >= 11 is 0. The third-order valence-electron chi connectivity index (χ3n) is 4.34. The maximum atomic E-state index is 11.3. The molecular weight excluding hydrogens is 463 g/mol. The summed E-state index contributed by atoms with van der Waals surface area (Å²) in [5.74, 6) is 0.342. The van der Waals surface area contributed by atoms with E-state index in [2.05, 4.69) is 16.4 Å². The van der Waals surface area contributed by atoms with E-state index in [0.717, 1.165) is 24.1 Å². The number of nitrogens with one attached hydrogen (secondary N) is 1. The molecule has 2 aromatic carbocycles. The molecule has 1 aliphatic rings. The van der Waals surface area contributed by atoms with E-state index in [-0.39, 0.29) is 28.9 Å². The van der Waals surface area contributed by atoms with Gasteiger partial charge < -0.3 is 11.1 Å². The predicted molar refractivity (Wildman–Crippen MR) is 115 cm³/mol. The Morgan fingerprint density at radius 2 is 1.77 bits per heavy atom. The number of nitrogens with zero attached hydrogens (tertiary/aromatic N) is 1. The molecule has 2 aromatic rings. The first-order chi connectivity index (χ1) is 11.9. The average Bonchev–Trinajstić information content (AvgIpc) is 2.60. The summed E-state index contributed by atoms with van der Waals surface area (Å²) in [5, 5.41) is 8.27. The largest absolute Gasteiger partial charge is 0.370 e. The zero-order chi connectivity index (χ0) is 17.9. The second kappa shape index (κ2) is 8.83. The van der Waals surface area contributed by atoms with Gasteiger partial charge in [-0.05, 0) is 60.6 Å². The van der Waals surface area contributed by atoms with Crippen LogP contribution in [0.4, 0.5) is 5.69 Å². The summed E-state index contributed by atoms with van der Waals surface area (Å²) in [4.78, 5) is 4.42. The first-order valence-electron chi connectivity index (χ1n) is 8.23. The molecule has 5 N–H and O–H groups in total. The number of primary sulfonamides is 1. The van der Waals surface area contributed by atoms with Gasteiger partial charge in [0.2, 0.25) is 10.0 Å². The summed E-state index contributed by atoms with van der Waals surface area (Å²) in [6, 6.07) is 12.5. The van der Waals surface area contributed by atoms with Crippen molar-refractivity contribution in [3.63, 3.8) is 0 Å². The Bertz CT molecular complexity index is 896. The predicted octanol–water partition coefficient (Wildman–Crippen LogP) is 2.76. The van der Waals surface area contributed by atoms with E-state index in [9.17, 15) is 8.42 Å². The Hall–Kier alpha value is -1.65. The molecule has 0 unspecified atom stereocenters. The normalized spacial score (nSPS) is 14.3. The van der Waals surface area contributed by atoms with Gasteiger partial charge in [-0.1, -0.05) is 24.3 Å². The number of hydrogen-bond acceptors (Lipinski definition) is 3. The zero-order valence-electron chi connectivity index (χ0n) is 14.3. The number of benzene rings is 2. The molecule has 0 saturated carbocycles. The van der Waals surface area contributed by atoms with Crippen LogP contribution >= 0.6 is 24.0 Å². The third-order valence-corrected chi connectivity index (χ3v) is 5.27. The molecule has 0 bridgehead atoms. The average molecular weight is 486 g/mol. The van der Waals surface area contributed by atoms with Crippen molar-refractivity contribution in [2.45, 2.75) is 37.1 Å². The monoisotopic (exact) mass is 486 g/mol. The molecule has 0 aliphatic heterocycles. The van der Waals surface area contributed by atoms with Gasteiger partial charge in [-0.3, -0.25) is 0 Å². The highest BCUT2D eigenvalue weighted by Crippen LogP contribution is 2.27. The Morgan fingerprint density at radius 1 is 1.08 bits per heavy atom. The summed E-state index contributed by atoms with van der Waals surface area (Å²) in [6.07, 6.45) is 4.59. The van der Waals surface area contributed by atoms with Crippen LogP contribution in [0.3, 0.4) is 0 Å². The van der Waals surface area contributed by atoms with Crippen molar-refractivity contribution in [2.75, 3.05) is 5.32 Å². The second-order valence-electron chi connectivity index (χ2n) is 6.17. The highest BCUT2D eigenvalue weighted by molar-refractivity contribution is 14.0. The van der Waals surface area contributed by atoms with Gasteiger partial charge in [0, 0.05) is 5.69 Å². The van der Waals surface area contributed by atoms with Gasteiger partial charge in [-0.2, -0.15) is 0 Å². The van der Waals surface area contributed by atoms with E-state index < -0.39 is 10.0 Å². The van der Waals surface area contributed by atoms with Gasteiger partial charge in [0.1, 0.15) is 0 Å². The quantitative estimate of drug-likeness (QED) is 0.351. The summed E-state index contributed by atoms with van der Waals surface area (Å²) < 4.78 is 22.5. The maximum Gasteiger partial charge on any atom is 0.238 e. The summed E-state index contributed by atoms with van der Waals surface area (Å²) in [6.45, 7) is 0.360. The fraction of sp³-hybridized carbons (Fsp3) is 0.278. The van der Waals surface area contributed by atoms with Crippen molar-refractivity contribution in [1.29, 1.82) is 0 Å². The lowest BCUT2D eigenvalue weighted by Crippen LogP contribution is -2.24. The van der Waals surface area contributed by atoms with E-state index in [4.69, 9.17) is 10.9 Å². The molecule has 140 valence electrons. The molecular formula is C18H23IN4O2S. The molecule has 0 saturated heterocycles. The fourth-order valence-electron chi connectivity index (χ4n) is 3.04. The highest BCUT2D eigenvalue weighted by Gasteiger charge is 2.13. The van der Waals surface area contributed by atoms with E-state index in [0.29, 0.717) is 12.5 Å². The second-order valence-corrected chi connectivity index (χ2v) is 7.73. The van der Waals surface area contributed by atoms with Crippen LogP contribution in [-0.4, -0.2) is 14.4 Å². The summed E-state index contributed by atoms with van der Waals surface area (Å²) in [7, 11) is -3.67. The first kappa shape index (κ1) is 20.7. The van der Waals surface area contributed by atoms with Crippen molar-refractivity contribution >= 4 is 45.6 Å². The molecule has 0 heterocycles. The van der Waals surface area contributed by atoms with Gasteiger partial charge in [-0.25, -0.2) is 18.5 Å². The Balaban J connectivity index is 0.00000243. The fourth-order valence-corrected chi connectivity index (χ4v) is 3.55. The number of nitrogens with two attached hydrogens (primary N) is 2. The van der Waals surface area contributed by atoms with Crippen LogP contribution in [0.2, 0.25) is 0 Å². The van der Waals surface area contributed by atoms with E-state index in [1.807, 2.05) is 12.1 Å². The van der Waals surface area contributed by atoms with Gasteiger partial charge in [-0.15, -0.1) is 24.0 Å². The SMILES string of the molecule is I.NC(=NCc1ccc(S(N)(=O)=O)cc1)Nc1cccc2c1CCCC2. The number of aliphatic imine (C=N–C) groups is 1. The summed E-state index contributed by atoms with van der Waals surface area (Å²) in [5.41, 5.74) is 10.6. The van der Waals surface area contributed by atoms with Gasteiger partial charge >= 0.3 is 0 Å². The Morgan fingerprint density at radius 3 is 2.46 bits per heavy atom. The maximum absolute atomic E-state index is 11.3. The topological polar surface area (TPSA) is 111 Å². The number of fused-ring (bicyclic) bond motifs is 1. The van der Waals surface area contributed by atoms with Crippen molar-refractivity contribution in [2.24, 2.45) is 15.9 Å². The molecule has 0 fully saturated rings. The molecule has 1 aliphatic carbocycles. The van der Waals surface area contributed by atoms with Gasteiger partial charge in [0.25, 0.3) is 0 Å². The first-order valence-corrected chi connectivity index (χ1v) is 9.77. The van der Waals surface area contributed by atoms with Crippen LogP contribution in [0.5, 0.6) is 0 Å². The molecule has 0 spiro atoms. The lowest BCUT2D eigenvalue weighted by atomic mass is 9.90. The van der Waals surface area contributed by atoms with E-state index >= 15 is 0 Å². The smallest absolute Gasteiger partial charge is 0.238 e. The minimum Gasteiger partial charge on any atom is -0.370 e. The molecule has 0 amide bonds. The van der Waals surface area contributed by atoms with E-state index in [1.54, 1.807) is 12.1 Å². The van der Waals surface area contributed by atoms with Crippen molar-refractivity contribution in [3.05, 3.63) is 59.2 Å². The number of sulfonamides is 1. The standard InChI is InChI=1S/C18H22N4O2S.HI/c19-18(21-12-13-8-10-15(11-9-13)25(20,23)24)22-17-7-3-5-14-4-1-2-6-16(14)17;/h3,5,7-11H,1-2,4,6,12H2,(H3,19,21,22)(H2,20,23,24);1H. The van der Waals surface area contributed by atoms with Crippen LogP contribution < -0.4 is 16.2 Å². The lowest BCUT2D eigenvalue weighted by molar-refractivity contribution is 0.598. The number of guanidine groups is 1. The Labute approximate surface area is 171 Å². The number of anilines is 1.